The summed E-state index contributed by atoms with van der Waals surface area (Å²) in [5, 5.41) is 19.9. The Hall–Kier alpha value is -6.68. The molecule has 12 fully saturated rings. The maximum absolute atomic E-state index is 13.2. The van der Waals surface area contributed by atoms with Crippen LogP contribution in [0.5, 0.6) is 0 Å². The number of hydrogen-bond acceptors (Lipinski definition) is 17. The smallest absolute Gasteiger partial charge is 0.243 e. The van der Waals surface area contributed by atoms with E-state index in [1.165, 1.54) is 19.4 Å². The van der Waals surface area contributed by atoms with Gasteiger partial charge >= 0.3 is 0 Å². The molecule has 7 heterocycles. The van der Waals surface area contributed by atoms with Crippen LogP contribution in [-0.2, 0) is 65.7 Å². The highest BCUT2D eigenvalue weighted by molar-refractivity contribution is 7.90. The summed E-state index contributed by atoms with van der Waals surface area (Å²) in [6, 6.07) is 45.0. The van der Waals surface area contributed by atoms with Crippen molar-refractivity contribution in [1.82, 2.24) is 25.8 Å². The lowest BCUT2D eigenvalue weighted by molar-refractivity contribution is 0.0530. The number of nitrogens with zero attached hydrogens (tertiary/aromatic N) is 6. The first kappa shape index (κ1) is 112. The molecule has 19 rings (SSSR count). The fraction of sp³-hybridized carbons (Fsp3) is 0.632. The van der Waals surface area contributed by atoms with Gasteiger partial charge in [0, 0.05) is 92.2 Å². The van der Waals surface area contributed by atoms with Crippen molar-refractivity contribution in [3.8, 4) is 11.3 Å². The van der Waals surface area contributed by atoms with Crippen molar-refractivity contribution in [2.75, 3.05) is 39.3 Å². The normalized spacial score (nSPS) is 30.7. The van der Waals surface area contributed by atoms with E-state index in [1.807, 2.05) is 43.3 Å². The second kappa shape index (κ2) is 39.6. The number of aliphatic hydroxyl groups is 2. The van der Waals surface area contributed by atoms with E-state index in [0.717, 1.165) is 144 Å². The maximum Gasteiger partial charge on any atom is 0.243 e. The third kappa shape index (κ3) is 24.5. The highest BCUT2D eigenvalue weighted by Gasteiger charge is 2.60. The zero-order chi connectivity index (χ0) is 105. The van der Waals surface area contributed by atoms with Crippen LogP contribution in [0.3, 0.4) is 0 Å². The van der Waals surface area contributed by atoms with Crippen molar-refractivity contribution in [3.63, 3.8) is 0 Å². The van der Waals surface area contributed by atoms with Gasteiger partial charge in [0.05, 0.1) is 47.3 Å². The van der Waals surface area contributed by atoms with E-state index < -0.39 is 71.8 Å². The Morgan fingerprint density at radius 2 is 0.552 bits per heavy atom. The maximum atomic E-state index is 13.2. The number of furan rings is 1. The van der Waals surface area contributed by atoms with Gasteiger partial charge in [-0.15, -0.1) is 0 Å². The average molecular weight is 2080 g/mol. The minimum absolute atomic E-state index is 0.0553. The van der Waals surface area contributed by atoms with Crippen LogP contribution in [0, 0.1) is 65.0 Å². The lowest BCUT2D eigenvalue weighted by Crippen LogP contribution is -2.37. The number of hydrogen-bond donors (Lipinski definition) is 2. The summed E-state index contributed by atoms with van der Waals surface area (Å²) < 4.78 is 173. The van der Waals surface area contributed by atoms with Crippen LogP contribution >= 0.6 is 0 Å². The zero-order valence-corrected chi connectivity index (χ0v) is 94.6. The molecule has 15 unspecified atom stereocenters. The van der Waals surface area contributed by atoms with Gasteiger partial charge in [-0.1, -0.05) is 206 Å². The molecule has 143 heavy (non-hydrogen) atoms. The van der Waals surface area contributed by atoms with Crippen molar-refractivity contribution < 1.29 is 74.7 Å². The van der Waals surface area contributed by atoms with Gasteiger partial charge in [-0.2, -0.15) is 25.8 Å². The third-order valence-electron chi connectivity index (χ3n) is 33.6. The second-order valence-electron chi connectivity index (χ2n) is 52.5. The van der Waals surface area contributed by atoms with Crippen molar-refractivity contribution in [2.24, 2.45) is 65.0 Å². The molecule has 7 aromatic rings. The van der Waals surface area contributed by atoms with E-state index in [1.54, 1.807) is 167 Å². The molecule has 12 bridgehead atoms. The summed E-state index contributed by atoms with van der Waals surface area (Å²) in [5.41, 5.74) is 5.41. The SMILES string of the molecule is CC(=O)c1ccc(S(=O)(=O)N2CC3(C)CC2CC(C)(C)C3)cc1.CC(=O)c1ccc(S(=O)(=O)N2CC3(C)CC2CC(C)(C)C3)cc1.CC(O)c1ccc(S(=O)(=O)N2CC3(C)CC2CC(C)(C)C3)cc1.CC1(C)CC2CC(C)(CN2S(=O)(=O)c2ccc(-c3ccco3)cc2)C1.CCC(C)(O)c1ccc(S(=O)(=O)N2CC3(C)CC2CC(C)(C)C3)cc1.CCC(C)c1ccc(S(=O)(=O)N2CC3(C)CC2CC(C)(C)C3)cc1. The fourth-order valence-electron chi connectivity index (χ4n) is 29.2. The van der Waals surface area contributed by atoms with Gasteiger partial charge in [0.25, 0.3) is 0 Å². The van der Waals surface area contributed by atoms with E-state index in [9.17, 15) is 70.3 Å². The minimum atomic E-state index is -3.50. The number of ketones is 2. The first-order valence-corrected chi connectivity index (χ1v) is 60.5. The molecule has 6 aliphatic heterocycles. The van der Waals surface area contributed by atoms with Crippen molar-refractivity contribution in [1.29, 1.82) is 0 Å². The molecule has 6 aliphatic carbocycles. The minimum Gasteiger partial charge on any atom is -0.464 e. The van der Waals surface area contributed by atoms with E-state index >= 15 is 0 Å². The lowest BCUT2D eigenvalue weighted by Gasteiger charge is -2.39. The standard InChI is InChI=1S/C20H25NO3S.C20H31NO3S.C20H31NO2S.C18H27NO3S.2C18H25NO3S/c1-19(2)11-16-12-20(3,13-19)14-21(16)25(22,23)17-8-6-15(7-9-17)18-5-4-10-24-18;1-6-20(5,22)15-7-9-17(10-8-15)25(23,24)21-14-19(4)12-16(21)11-18(2,3)13-19;1-6-15(2)16-7-9-18(10-8-16)24(22,23)21-14-20(5)12-17(21)11-19(3,4)13-20;3*1-13(20)14-5-7-16(8-6-14)23(21,22)19-12-18(4)10-15(19)9-17(2,3)11-18/h4-10,16H,11-14H2,1-3H3;7-10,16,22H,6,11-14H2,1-5H3;7-10,15,17H,6,11-14H2,1-5H3;5-8,13,15,20H,9-12H2,1-4H3;2*5-8,15H,9-12H2,1-4H3. The summed E-state index contributed by atoms with van der Waals surface area (Å²) >= 11 is 0. The molecule has 23 nitrogen and oxygen atoms in total. The van der Waals surface area contributed by atoms with Gasteiger partial charge in [0.2, 0.25) is 60.1 Å². The summed E-state index contributed by atoms with van der Waals surface area (Å²) in [7, 11) is -20.8. The molecule has 0 amide bonds. The topological polar surface area (TPSA) is 312 Å². The molecular formula is C114H164N6O17S6. The van der Waals surface area contributed by atoms with Crippen LogP contribution in [0.2, 0.25) is 0 Å². The van der Waals surface area contributed by atoms with Crippen LogP contribution in [0.1, 0.15) is 351 Å². The molecule has 6 saturated carbocycles. The van der Waals surface area contributed by atoms with E-state index in [4.69, 9.17) is 4.42 Å². The quantitative estimate of drug-likeness (QED) is 0.0670. The number of sulfonamides is 6. The first-order chi connectivity index (χ1) is 65.7. The highest BCUT2D eigenvalue weighted by atomic mass is 32.2. The molecule has 15 atom stereocenters. The largest absolute Gasteiger partial charge is 0.464 e. The Bertz CT molecular complexity index is 6400. The molecular weight excluding hydrogens is 1920 g/mol. The third-order valence-corrected chi connectivity index (χ3v) is 45.1. The summed E-state index contributed by atoms with van der Waals surface area (Å²) in [6.45, 7) is 56.6. The Kier molecular flexibility index (Phi) is 31.0. The summed E-state index contributed by atoms with van der Waals surface area (Å²) in [4.78, 5) is 24.8. The molecule has 6 aromatic carbocycles. The number of carbonyl (C=O) groups is 2. The van der Waals surface area contributed by atoms with Crippen molar-refractivity contribution in [2.45, 2.75) is 385 Å². The molecule has 29 heteroatoms. The molecule has 1 aromatic heterocycles. The van der Waals surface area contributed by atoms with Crippen molar-refractivity contribution in [3.05, 3.63) is 192 Å². The predicted octanol–water partition coefficient (Wildman–Crippen LogP) is 23.5. The van der Waals surface area contributed by atoms with Crippen LogP contribution in [0.4, 0.5) is 0 Å². The Balaban J connectivity index is 0.000000136. The Morgan fingerprint density at radius 1 is 0.336 bits per heavy atom. The highest BCUT2D eigenvalue weighted by Crippen LogP contribution is 2.61. The van der Waals surface area contributed by atoms with Gasteiger partial charge in [0.15, 0.2) is 11.6 Å². The van der Waals surface area contributed by atoms with E-state index in [2.05, 4.69) is 138 Å². The van der Waals surface area contributed by atoms with Gasteiger partial charge in [-0.3, -0.25) is 9.59 Å². The zero-order valence-electron chi connectivity index (χ0n) is 89.7. The number of Topliss-reactive ketones (excluding diaryl/α,β-unsaturated/α-hetero) is 2. The van der Waals surface area contributed by atoms with Gasteiger partial charge in [-0.25, -0.2) is 50.5 Å². The fourth-order valence-corrected chi connectivity index (χ4v) is 39.9. The number of rotatable bonds is 20. The molecule has 6 saturated heterocycles. The first-order valence-electron chi connectivity index (χ1n) is 51.9. The molecule has 0 spiro atoms. The average Bonchev–Trinajstić information content (AvgIpc) is 1.61. The molecule has 788 valence electrons. The van der Waals surface area contributed by atoms with Crippen LogP contribution < -0.4 is 0 Å². The van der Waals surface area contributed by atoms with Crippen LogP contribution in [-0.4, -0.2) is 174 Å². The van der Waals surface area contributed by atoms with Gasteiger partial charge in [0.1, 0.15) is 5.76 Å². The predicted molar refractivity (Wildman–Crippen MR) is 566 cm³/mol. The monoisotopic (exact) mass is 2080 g/mol. The van der Waals surface area contributed by atoms with Gasteiger partial charge < -0.3 is 14.6 Å². The Morgan fingerprint density at radius 3 is 0.755 bits per heavy atom. The molecule has 0 radical (unpaired) electrons. The lowest BCUT2D eigenvalue weighted by atomic mass is 9.65. The van der Waals surface area contributed by atoms with E-state index in [-0.39, 0.29) is 123 Å². The van der Waals surface area contributed by atoms with E-state index in [0.29, 0.717) is 82.3 Å². The number of benzene rings is 6. The second-order valence-corrected chi connectivity index (χ2v) is 63.9. The Labute approximate surface area is 858 Å². The number of aliphatic hydroxyl groups excluding tert-OH is 1. The summed E-state index contributed by atoms with van der Waals surface area (Å²) in [5.74, 6) is 1.10. The van der Waals surface area contributed by atoms with Crippen LogP contribution in [0.25, 0.3) is 11.3 Å². The van der Waals surface area contributed by atoms with Crippen molar-refractivity contribution >= 4 is 71.7 Å². The van der Waals surface area contributed by atoms with Gasteiger partial charge in [-0.05, 0) is 341 Å². The molecule has 2 N–H and O–H groups in total. The number of carbonyl (C=O) groups excluding carboxylic acids is 2. The molecule has 12 aliphatic rings. The summed E-state index contributed by atoms with van der Waals surface area (Å²) in [6.07, 6.45) is 20.5. The van der Waals surface area contributed by atoms with Crippen LogP contribution in [0.15, 0.2) is 198 Å². The number of fused-ring (bicyclic) bond motifs is 12.